The summed E-state index contributed by atoms with van der Waals surface area (Å²) in [5.74, 6) is -0.169. The van der Waals surface area contributed by atoms with Gasteiger partial charge < -0.3 is 16.0 Å². The van der Waals surface area contributed by atoms with Crippen molar-refractivity contribution in [2.45, 2.75) is 26.9 Å². The lowest BCUT2D eigenvalue weighted by atomic mass is 10.1. The first kappa shape index (κ1) is 17.5. The van der Waals surface area contributed by atoms with E-state index in [1.807, 2.05) is 12.1 Å². The number of benzene rings is 1. The number of nitrogens with one attached hydrogen (secondary N) is 2. The summed E-state index contributed by atoms with van der Waals surface area (Å²) in [5.41, 5.74) is 10.6. The molecule has 2 aromatic heterocycles. The molecule has 3 rings (SSSR count). The van der Waals surface area contributed by atoms with Crippen molar-refractivity contribution in [3.63, 3.8) is 0 Å². The highest BCUT2D eigenvalue weighted by molar-refractivity contribution is 7.09. The van der Waals surface area contributed by atoms with Gasteiger partial charge in [-0.2, -0.15) is 0 Å². The van der Waals surface area contributed by atoms with Crippen LogP contribution in [0.15, 0.2) is 23.6 Å². The fourth-order valence-corrected chi connectivity index (χ4v) is 3.05. The Bertz CT molecular complexity index is 840. The van der Waals surface area contributed by atoms with Crippen molar-refractivity contribution in [1.82, 2.24) is 15.3 Å². The Morgan fingerprint density at radius 2 is 2.17 bits per heavy atom. The topological polar surface area (TPSA) is 83.8 Å². The van der Waals surface area contributed by atoms with E-state index in [2.05, 4.69) is 35.2 Å². The SMILES string of the molecule is Cc1[nH]c2ccc(CNC(=O)c3csc(CN)n3)cc2c1C.Cl. The molecule has 1 aromatic carbocycles. The van der Waals surface area contributed by atoms with E-state index in [1.54, 1.807) is 5.38 Å². The predicted octanol–water partition coefficient (Wildman–Crippen LogP) is 3.05. The molecule has 0 aliphatic heterocycles. The molecule has 0 aliphatic carbocycles. The highest BCUT2D eigenvalue weighted by Gasteiger charge is 2.10. The fourth-order valence-electron chi connectivity index (χ4n) is 2.40. The van der Waals surface area contributed by atoms with Crippen LogP contribution in [0, 0.1) is 13.8 Å². The average molecular weight is 351 g/mol. The number of nitrogens with two attached hydrogens (primary N) is 1. The summed E-state index contributed by atoms with van der Waals surface area (Å²) in [6.07, 6.45) is 0. The number of hydrogen-bond acceptors (Lipinski definition) is 4. The van der Waals surface area contributed by atoms with Crippen LogP contribution < -0.4 is 11.1 Å². The van der Waals surface area contributed by atoms with E-state index in [4.69, 9.17) is 5.73 Å². The number of amides is 1. The molecule has 0 atom stereocenters. The molecule has 2 heterocycles. The van der Waals surface area contributed by atoms with Crippen LogP contribution in [0.3, 0.4) is 0 Å². The normalized spacial score (nSPS) is 10.6. The molecule has 0 saturated carbocycles. The van der Waals surface area contributed by atoms with Crippen molar-refractivity contribution >= 4 is 40.6 Å². The van der Waals surface area contributed by atoms with E-state index < -0.39 is 0 Å². The van der Waals surface area contributed by atoms with Crippen LogP contribution in [0.4, 0.5) is 0 Å². The number of rotatable bonds is 4. The maximum atomic E-state index is 12.1. The van der Waals surface area contributed by atoms with Crippen LogP contribution in [-0.2, 0) is 13.1 Å². The molecular formula is C16H19ClN4OS. The van der Waals surface area contributed by atoms with Gasteiger partial charge in [0.1, 0.15) is 10.7 Å². The number of carbonyl (C=O) groups is 1. The second-order valence-electron chi connectivity index (χ2n) is 5.27. The molecule has 0 unspecified atom stereocenters. The van der Waals surface area contributed by atoms with Gasteiger partial charge in [0.05, 0.1) is 0 Å². The molecule has 3 aromatic rings. The van der Waals surface area contributed by atoms with Gasteiger partial charge in [-0.05, 0) is 37.1 Å². The largest absolute Gasteiger partial charge is 0.358 e. The Hall–Kier alpha value is -1.89. The van der Waals surface area contributed by atoms with Crippen molar-refractivity contribution in [3.05, 3.63) is 51.1 Å². The first-order chi connectivity index (χ1) is 10.6. The lowest BCUT2D eigenvalue weighted by molar-refractivity contribution is 0.0946. The molecule has 0 radical (unpaired) electrons. The smallest absolute Gasteiger partial charge is 0.271 e. The fraction of sp³-hybridized carbons (Fsp3) is 0.250. The number of aromatic nitrogens is 2. The molecule has 0 spiro atoms. The van der Waals surface area contributed by atoms with Gasteiger partial charge in [0.25, 0.3) is 5.91 Å². The minimum Gasteiger partial charge on any atom is -0.358 e. The third-order valence-corrected chi connectivity index (χ3v) is 4.66. The van der Waals surface area contributed by atoms with E-state index in [9.17, 15) is 4.79 Å². The summed E-state index contributed by atoms with van der Waals surface area (Å²) in [4.78, 5) is 19.6. The number of hydrogen-bond donors (Lipinski definition) is 3. The molecule has 0 fully saturated rings. The molecular weight excluding hydrogens is 332 g/mol. The maximum absolute atomic E-state index is 12.1. The summed E-state index contributed by atoms with van der Waals surface area (Å²) in [6.45, 7) is 5.00. The number of nitrogens with zero attached hydrogens (tertiary/aromatic N) is 1. The Morgan fingerprint density at radius 3 is 2.87 bits per heavy atom. The average Bonchev–Trinajstić information content (AvgIpc) is 3.11. The lowest BCUT2D eigenvalue weighted by Gasteiger charge is -2.04. The monoisotopic (exact) mass is 350 g/mol. The van der Waals surface area contributed by atoms with Crippen LogP contribution in [0.25, 0.3) is 10.9 Å². The molecule has 0 aliphatic rings. The zero-order chi connectivity index (χ0) is 15.7. The zero-order valence-corrected chi connectivity index (χ0v) is 14.6. The third-order valence-electron chi connectivity index (χ3n) is 3.78. The van der Waals surface area contributed by atoms with Crippen molar-refractivity contribution in [1.29, 1.82) is 0 Å². The second-order valence-corrected chi connectivity index (χ2v) is 6.21. The maximum Gasteiger partial charge on any atom is 0.271 e. The van der Waals surface area contributed by atoms with E-state index in [0.717, 1.165) is 16.1 Å². The van der Waals surface area contributed by atoms with Gasteiger partial charge in [0.15, 0.2) is 0 Å². The second kappa shape index (κ2) is 7.12. The highest BCUT2D eigenvalue weighted by Crippen LogP contribution is 2.22. The van der Waals surface area contributed by atoms with Crippen LogP contribution in [-0.4, -0.2) is 15.9 Å². The summed E-state index contributed by atoms with van der Waals surface area (Å²) >= 11 is 1.41. The summed E-state index contributed by atoms with van der Waals surface area (Å²) in [5, 5.41) is 6.60. The Morgan fingerprint density at radius 1 is 1.39 bits per heavy atom. The van der Waals surface area contributed by atoms with Gasteiger partial charge in [-0.25, -0.2) is 4.98 Å². The lowest BCUT2D eigenvalue weighted by Crippen LogP contribution is -2.23. The van der Waals surface area contributed by atoms with Crippen LogP contribution in [0.2, 0.25) is 0 Å². The molecule has 0 saturated heterocycles. The van der Waals surface area contributed by atoms with E-state index >= 15 is 0 Å². The standard InChI is InChI=1S/C16H18N4OS.ClH/c1-9-10(2)19-13-4-3-11(5-12(9)13)7-18-16(21)14-8-22-15(6-17)20-14;/h3-5,8,19H,6-7,17H2,1-2H3,(H,18,21);1H. The number of carbonyl (C=O) groups excluding carboxylic acids is 1. The van der Waals surface area contributed by atoms with Gasteiger partial charge in [0.2, 0.25) is 0 Å². The number of aromatic amines is 1. The van der Waals surface area contributed by atoms with Crippen LogP contribution >= 0.6 is 23.7 Å². The minimum atomic E-state index is -0.169. The molecule has 23 heavy (non-hydrogen) atoms. The van der Waals surface area contributed by atoms with E-state index in [-0.39, 0.29) is 18.3 Å². The molecule has 1 amide bonds. The summed E-state index contributed by atoms with van der Waals surface area (Å²) in [7, 11) is 0. The summed E-state index contributed by atoms with van der Waals surface area (Å²) in [6, 6.07) is 6.18. The van der Waals surface area contributed by atoms with Gasteiger partial charge in [-0.1, -0.05) is 6.07 Å². The Kier molecular flexibility index (Phi) is 5.41. The number of aryl methyl sites for hydroxylation is 2. The van der Waals surface area contributed by atoms with E-state index in [0.29, 0.717) is 18.8 Å². The van der Waals surface area contributed by atoms with Crippen molar-refractivity contribution in [2.75, 3.05) is 0 Å². The van der Waals surface area contributed by atoms with Gasteiger partial charge in [-0.3, -0.25) is 4.79 Å². The zero-order valence-electron chi connectivity index (χ0n) is 13.0. The first-order valence-electron chi connectivity index (χ1n) is 7.09. The van der Waals surface area contributed by atoms with Crippen LogP contribution in [0.5, 0.6) is 0 Å². The van der Waals surface area contributed by atoms with Gasteiger partial charge in [-0.15, -0.1) is 23.7 Å². The number of H-pyrrole nitrogens is 1. The molecule has 122 valence electrons. The van der Waals surface area contributed by atoms with Crippen molar-refractivity contribution in [2.24, 2.45) is 5.73 Å². The number of halogens is 1. The highest BCUT2D eigenvalue weighted by atomic mass is 35.5. The Labute approximate surface area is 144 Å². The first-order valence-corrected chi connectivity index (χ1v) is 7.97. The summed E-state index contributed by atoms with van der Waals surface area (Å²) < 4.78 is 0. The number of fused-ring (bicyclic) bond motifs is 1. The molecule has 5 nitrogen and oxygen atoms in total. The van der Waals surface area contributed by atoms with E-state index in [1.165, 1.54) is 28.0 Å². The van der Waals surface area contributed by atoms with Crippen LogP contribution in [0.1, 0.15) is 32.3 Å². The van der Waals surface area contributed by atoms with Crippen molar-refractivity contribution < 1.29 is 4.79 Å². The molecule has 0 bridgehead atoms. The Balaban J connectivity index is 0.00000192. The molecule has 4 N–H and O–H groups in total. The quantitative estimate of drug-likeness (QED) is 0.676. The van der Waals surface area contributed by atoms with Gasteiger partial charge >= 0.3 is 0 Å². The van der Waals surface area contributed by atoms with Crippen molar-refractivity contribution in [3.8, 4) is 0 Å². The van der Waals surface area contributed by atoms with Gasteiger partial charge in [0, 0.05) is 35.1 Å². The number of thiazole rings is 1. The third kappa shape index (κ3) is 3.55. The minimum absolute atomic E-state index is 0. The predicted molar refractivity (Wildman–Crippen MR) is 96.2 cm³/mol. The molecule has 7 heteroatoms.